The number of hydrogen-bond acceptors (Lipinski definition) is 3. The fraction of sp³-hybridized carbons (Fsp3) is 0.333. The van der Waals surface area contributed by atoms with Gasteiger partial charge in [0.1, 0.15) is 12.4 Å². The number of benzene rings is 1. The summed E-state index contributed by atoms with van der Waals surface area (Å²) in [5, 5.41) is 12.2. The quantitative estimate of drug-likeness (QED) is 0.895. The van der Waals surface area contributed by atoms with Crippen LogP contribution in [0.2, 0.25) is 5.02 Å². The third-order valence-corrected chi connectivity index (χ3v) is 3.71. The molecule has 0 bridgehead atoms. The summed E-state index contributed by atoms with van der Waals surface area (Å²) >= 11 is 5.91. The molecule has 21 heavy (non-hydrogen) atoms. The molecule has 0 spiro atoms. The fourth-order valence-corrected chi connectivity index (χ4v) is 2.10. The molecule has 1 aliphatic heterocycles. The number of aliphatic carboxylic acids is 1. The average Bonchev–Trinajstić information content (AvgIpc) is 2.45. The molecule has 1 aromatic rings. The molecule has 1 aliphatic rings. The lowest BCUT2D eigenvalue weighted by Crippen LogP contribution is -2.41. The van der Waals surface area contributed by atoms with Crippen molar-refractivity contribution in [1.82, 2.24) is 5.32 Å². The molecule has 6 heteroatoms. The molecule has 0 saturated carbocycles. The Kier molecular flexibility index (Phi) is 4.53. The van der Waals surface area contributed by atoms with Gasteiger partial charge in [-0.15, -0.1) is 0 Å². The molecular weight excluding hydrogens is 294 g/mol. The first-order chi connectivity index (χ1) is 9.88. The summed E-state index contributed by atoms with van der Waals surface area (Å²) < 4.78 is 5.50. The van der Waals surface area contributed by atoms with E-state index < -0.39 is 17.9 Å². The Morgan fingerprint density at radius 2 is 2.10 bits per heavy atom. The Hall–Kier alpha value is -2.01. The first-order valence-electron chi connectivity index (χ1n) is 6.55. The van der Waals surface area contributed by atoms with E-state index in [4.69, 9.17) is 21.4 Å². The lowest BCUT2D eigenvalue weighted by atomic mass is 10.0. The van der Waals surface area contributed by atoms with E-state index in [1.165, 1.54) is 0 Å². The molecule has 2 atom stereocenters. The van der Waals surface area contributed by atoms with E-state index in [1.54, 1.807) is 38.1 Å². The molecule has 0 saturated heterocycles. The smallest absolute Gasteiger partial charge is 0.308 e. The molecule has 112 valence electrons. The van der Waals surface area contributed by atoms with Crippen molar-refractivity contribution in [2.24, 2.45) is 5.92 Å². The van der Waals surface area contributed by atoms with Gasteiger partial charge in [-0.1, -0.05) is 11.6 Å². The Bertz CT molecular complexity index is 612. The first kappa shape index (κ1) is 15.4. The highest BCUT2D eigenvalue weighted by Gasteiger charge is 2.24. The zero-order valence-corrected chi connectivity index (χ0v) is 12.5. The standard InChI is InChI=1S/C15H16ClNO4/c1-8(15(19)20)9(2)17-14(18)11-5-10-6-12(16)3-4-13(10)21-7-11/h3-6,8-9H,7H2,1-2H3,(H,17,18)(H,19,20). The summed E-state index contributed by atoms with van der Waals surface area (Å²) in [6.07, 6.45) is 1.71. The second-order valence-electron chi connectivity index (χ2n) is 5.03. The van der Waals surface area contributed by atoms with Crippen LogP contribution in [0.3, 0.4) is 0 Å². The van der Waals surface area contributed by atoms with E-state index in [9.17, 15) is 9.59 Å². The second-order valence-corrected chi connectivity index (χ2v) is 5.47. The number of carboxylic acids is 1. The van der Waals surface area contributed by atoms with Gasteiger partial charge in [0, 0.05) is 16.6 Å². The molecule has 0 radical (unpaired) electrons. The minimum atomic E-state index is -0.950. The van der Waals surface area contributed by atoms with Crippen LogP contribution in [0.4, 0.5) is 0 Å². The second kappa shape index (κ2) is 6.18. The predicted octanol–water partition coefficient (Wildman–Crippen LogP) is 2.34. The van der Waals surface area contributed by atoms with E-state index in [0.29, 0.717) is 16.3 Å². The number of nitrogens with one attached hydrogen (secondary N) is 1. The van der Waals surface area contributed by atoms with Crippen molar-refractivity contribution in [3.05, 3.63) is 34.4 Å². The first-order valence-corrected chi connectivity index (χ1v) is 6.93. The molecule has 2 unspecified atom stereocenters. The van der Waals surface area contributed by atoms with Crippen LogP contribution in [0.25, 0.3) is 6.08 Å². The summed E-state index contributed by atoms with van der Waals surface area (Å²) in [5.74, 6) is -1.28. The minimum Gasteiger partial charge on any atom is -0.488 e. The van der Waals surface area contributed by atoms with E-state index >= 15 is 0 Å². The summed E-state index contributed by atoms with van der Waals surface area (Å²) in [6.45, 7) is 3.36. The molecule has 0 aromatic heterocycles. The maximum atomic E-state index is 12.1. The maximum absolute atomic E-state index is 12.1. The lowest BCUT2D eigenvalue weighted by Gasteiger charge is -2.21. The van der Waals surface area contributed by atoms with Gasteiger partial charge in [-0.2, -0.15) is 0 Å². The van der Waals surface area contributed by atoms with Crippen molar-refractivity contribution in [3.8, 4) is 5.75 Å². The number of rotatable bonds is 4. The van der Waals surface area contributed by atoms with Gasteiger partial charge in [-0.3, -0.25) is 9.59 Å². The fourth-order valence-electron chi connectivity index (χ4n) is 1.92. The molecule has 0 aliphatic carbocycles. The molecule has 2 rings (SSSR count). The Morgan fingerprint density at radius 1 is 1.38 bits per heavy atom. The highest BCUT2D eigenvalue weighted by atomic mass is 35.5. The zero-order chi connectivity index (χ0) is 15.6. The summed E-state index contributed by atoms with van der Waals surface area (Å²) in [7, 11) is 0. The van der Waals surface area contributed by atoms with Gasteiger partial charge in [0.2, 0.25) is 0 Å². The van der Waals surface area contributed by atoms with E-state index in [-0.39, 0.29) is 12.5 Å². The highest BCUT2D eigenvalue weighted by Crippen LogP contribution is 2.29. The molecule has 1 aromatic carbocycles. The monoisotopic (exact) mass is 309 g/mol. The number of fused-ring (bicyclic) bond motifs is 1. The van der Waals surface area contributed by atoms with Crippen molar-refractivity contribution in [2.75, 3.05) is 6.61 Å². The summed E-state index contributed by atoms with van der Waals surface area (Å²) in [6, 6.07) is 4.71. The minimum absolute atomic E-state index is 0.147. The number of amides is 1. The Balaban J connectivity index is 2.12. The maximum Gasteiger partial charge on any atom is 0.308 e. The van der Waals surface area contributed by atoms with Gasteiger partial charge in [0.05, 0.1) is 11.5 Å². The van der Waals surface area contributed by atoms with Crippen molar-refractivity contribution in [2.45, 2.75) is 19.9 Å². The third-order valence-electron chi connectivity index (χ3n) is 3.47. The van der Waals surface area contributed by atoms with Gasteiger partial charge >= 0.3 is 5.97 Å². The van der Waals surface area contributed by atoms with Crippen LogP contribution in [-0.2, 0) is 9.59 Å². The molecule has 1 amide bonds. The van der Waals surface area contributed by atoms with Crippen molar-refractivity contribution >= 4 is 29.6 Å². The van der Waals surface area contributed by atoms with Crippen LogP contribution in [0.1, 0.15) is 19.4 Å². The number of carbonyl (C=O) groups excluding carboxylic acids is 1. The molecule has 1 heterocycles. The third kappa shape index (κ3) is 3.55. The SMILES string of the molecule is CC(NC(=O)C1=Cc2cc(Cl)ccc2OC1)C(C)C(=O)O. The van der Waals surface area contributed by atoms with Gasteiger partial charge in [0.25, 0.3) is 5.91 Å². The molecule has 0 fully saturated rings. The number of carbonyl (C=O) groups is 2. The lowest BCUT2D eigenvalue weighted by molar-refractivity contribution is -0.142. The van der Waals surface area contributed by atoms with E-state index in [0.717, 1.165) is 5.56 Å². The van der Waals surface area contributed by atoms with Crippen LogP contribution in [0, 0.1) is 5.92 Å². The number of hydrogen-bond donors (Lipinski definition) is 2. The number of ether oxygens (including phenoxy) is 1. The topological polar surface area (TPSA) is 75.6 Å². The van der Waals surface area contributed by atoms with Gasteiger partial charge in [-0.25, -0.2) is 0 Å². The largest absolute Gasteiger partial charge is 0.488 e. The predicted molar refractivity (Wildman–Crippen MR) is 79.3 cm³/mol. The number of carboxylic acid groups (broad SMARTS) is 1. The zero-order valence-electron chi connectivity index (χ0n) is 11.7. The van der Waals surface area contributed by atoms with E-state index in [1.807, 2.05) is 0 Å². The van der Waals surface area contributed by atoms with Gasteiger partial charge in [0.15, 0.2) is 0 Å². The van der Waals surface area contributed by atoms with Crippen LogP contribution < -0.4 is 10.1 Å². The Morgan fingerprint density at radius 3 is 2.76 bits per heavy atom. The number of halogens is 1. The van der Waals surface area contributed by atoms with Crippen LogP contribution in [0.15, 0.2) is 23.8 Å². The Labute approximate surface area is 127 Å². The van der Waals surface area contributed by atoms with Crippen molar-refractivity contribution in [3.63, 3.8) is 0 Å². The van der Waals surface area contributed by atoms with Crippen LogP contribution in [0.5, 0.6) is 5.75 Å². The van der Waals surface area contributed by atoms with Crippen LogP contribution in [-0.4, -0.2) is 29.6 Å². The van der Waals surface area contributed by atoms with Crippen molar-refractivity contribution in [1.29, 1.82) is 0 Å². The summed E-state index contributed by atoms with van der Waals surface area (Å²) in [4.78, 5) is 23.0. The molecular formula is C15H16ClNO4. The van der Waals surface area contributed by atoms with Gasteiger partial charge < -0.3 is 15.2 Å². The molecule has 2 N–H and O–H groups in total. The molecule has 5 nitrogen and oxygen atoms in total. The normalized spacial score (nSPS) is 16.0. The van der Waals surface area contributed by atoms with Gasteiger partial charge in [-0.05, 0) is 38.1 Å². The van der Waals surface area contributed by atoms with E-state index in [2.05, 4.69) is 5.32 Å². The average molecular weight is 310 g/mol. The van der Waals surface area contributed by atoms with Crippen molar-refractivity contribution < 1.29 is 19.4 Å². The highest BCUT2D eigenvalue weighted by molar-refractivity contribution is 6.30. The van der Waals surface area contributed by atoms with Crippen LogP contribution >= 0.6 is 11.6 Å². The summed E-state index contributed by atoms with van der Waals surface area (Å²) in [5.41, 5.74) is 1.17.